The van der Waals surface area contributed by atoms with E-state index in [0.29, 0.717) is 5.69 Å². The van der Waals surface area contributed by atoms with Crippen LogP contribution in [0.5, 0.6) is 0 Å². The number of sulfonamides is 1. The molecule has 0 bridgehead atoms. The predicted octanol–water partition coefficient (Wildman–Crippen LogP) is 4.07. The van der Waals surface area contributed by atoms with Crippen LogP contribution in [0.4, 0.5) is 5.69 Å². The second-order valence-corrected chi connectivity index (χ2v) is 9.20. The SMILES string of the molecule is Cc1cc(C)cc(S(=O)(=O)Nc2cccc(-c3cn4c(n3)SCC4)c2)c1. The summed E-state index contributed by atoms with van der Waals surface area (Å²) in [4.78, 5) is 4.90. The average molecular weight is 386 g/mol. The monoisotopic (exact) mass is 385 g/mol. The molecule has 134 valence electrons. The molecule has 1 aromatic heterocycles. The van der Waals surface area contributed by atoms with Crippen LogP contribution >= 0.6 is 11.8 Å². The van der Waals surface area contributed by atoms with Gasteiger partial charge in [0, 0.05) is 29.7 Å². The summed E-state index contributed by atoms with van der Waals surface area (Å²) < 4.78 is 30.3. The van der Waals surface area contributed by atoms with Gasteiger partial charge in [-0.1, -0.05) is 30.0 Å². The molecule has 1 N–H and O–H groups in total. The molecule has 0 amide bonds. The average Bonchev–Trinajstić information content (AvgIpc) is 3.15. The molecule has 4 rings (SSSR count). The van der Waals surface area contributed by atoms with Gasteiger partial charge in [0.15, 0.2) is 5.16 Å². The van der Waals surface area contributed by atoms with Gasteiger partial charge in [0.2, 0.25) is 0 Å². The number of hydrogen-bond acceptors (Lipinski definition) is 4. The highest BCUT2D eigenvalue weighted by Gasteiger charge is 2.17. The second kappa shape index (κ2) is 6.48. The van der Waals surface area contributed by atoms with Crippen molar-refractivity contribution < 1.29 is 8.42 Å². The Morgan fingerprint density at radius 2 is 1.88 bits per heavy atom. The zero-order valence-corrected chi connectivity index (χ0v) is 16.2. The number of benzene rings is 2. The molecule has 3 aromatic rings. The Hall–Kier alpha value is -2.25. The summed E-state index contributed by atoms with van der Waals surface area (Å²) in [6, 6.07) is 12.7. The third kappa shape index (κ3) is 3.37. The van der Waals surface area contributed by atoms with Crippen LogP contribution < -0.4 is 4.72 Å². The van der Waals surface area contributed by atoms with Gasteiger partial charge >= 0.3 is 0 Å². The normalized spacial score (nSPS) is 13.6. The van der Waals surface area contributed by atoms with Crippen molar-refractivity contribution >= 4 is 27.5 Å². The lowest BCUT2D eigenvalue weighted by Crippen LogP contribution is -2.13. The summed E-state index contributed by atoms with van der Waals surface area (Å²) >= 11 is 1.74. The van der Waals surface area contributed by atoms with Crippen molar-refractivity contribution in [2.75, 3.05) is 10.5 Å². The first-order valence-corrected chi connectivity index (χ1v) is 10.8. The Balaban J connectivity index is 1.64. The van der Waals surface area contributed by atoms with E-state index >= 15 is 0 Å². The van der Waals surface area contributed by atoms with Gasteiger partial charge in [-0.25, -0.2) is 13.4 Å². The van der Waals surface area contributed by atoms with Crippen LogP contribution in [0.15, 0.2) is 58.7 Å². The number of hydrogen-bond donors (Lipinski definition) is 1. The van der Waals surface area contributed by atoms with Gasteiger partial charge in [-0.3, -0.25) is 4.72 Å². The molecule has 0 spiro atoms. The maximum Gasteiger partial charge on any atom is 0.261 e. The molecule has 0 fully saturated rings. The number of nitrogens with zero attached hydrogens (tertiary/aromatic N) is 2. The fraction of sp³-hybridized carbons (Fsp3) is 0.211. The number of rotatable bonds is 4. The van der Waals surface area contributed by atoms with Gasteiger partial charge in [-0.05, 0) is 49.2 Å². The van der Waals surface area contributed by atoms with Gasteiger partial charge in [-0.2, -0.15) is 0 Å². The van der Waals surface area contributed by atoms with Crippen LogP contribution in [0.1, 0.15) is 11.1 Å². The first-order valence-electron chi connectivity index (χ1n) is 8.32. The van der Waals surface area contributed by atoms with Gasteiger partial charge < -0.3 is 4.57 Å². The molecule has 0 atom stereocenters. The van der Waals surface area contributed by atoms with E-state index in [1.165, 1.54) is 0 Å². The van der Waals surface area contributed by atoms with E-state index in [1.54, 1.807) is 30.0 Å². The Kier molecular flexibility index (Phi) is 4.28. The molecule has 5 nitrogen and oxygen atoms in total. The molecule has 26 heavy (non-hydrogen) atoms. The van der Waals surface area contributed by atoms with Gasteiger partial charge in [0.1, 0.15) is 0 Å². The smallest absolute Gasteiger partial charge is 0.261 e. The lowest BCUT2D eigenvalue weighted by molar-refractivity contribution is 0.601. The van der Waals surface area contributed by atoms with E-state index in [9.17, 15) is 8.42 Å². The van der Waals surface area contributed by atoms with Crippen molar-refractivity contribution in [2.24, 2.45) is 0 Å². The third-order valence-corrected chi connectivity index (χ3v) is 6.55. The van der Waals surface area contributed by atoms with Crippen molar-refractivity contribution in [3.05, 3.63) is 59.8 Å². The summed E-state index contributed by atoms with van der Waals surface area (Å²) in [6.07, 6.45) is 2.02. The number of imidazole rings is 1. The molecule has 7 heteroatoms. The van der Waals surface area contributed by atoms with E-state index in [-0.39, 0.29) is 4.90 Å². The van der Waals surface area contributed by atoms with Crippen LogP contribution in [0.2, 0.25) is 0 Å². The third-order valence-electron chi connectivity index (χ3n) is 4.22. The molecular formula is C19H19N3O2S2. The van der Waals surface area contributed by atoms with Crippen molar-refractivity contribution in [1.82, 2.24) is 9.55 Å². The van der Waals surface area contributed by atoms with E-state index in [0.717, 1.165) is 39.8 Å². The topological polar surface area (TPSA) is 64.0 Å². The summed E-state index contributed by atoms with van der Waals surface area (Å²) in [5, 5.41) is 1.02. The molecule has 0 saturated heterocycles. The number of nitrogens with one attached hydrogen (secondary N) is 1. The molecule has 1 aliphatic rings. The van der Waals surface area contributed by atoms with Crippen LogP contribution in [-0.4, -0.2) is 23.7 Å². The molecule has 0 aliphatic carbocycles. The second-order valence-electron chi connectivity index (χ2n) is 6.46. The number of fused-ring (bicyclic) bond motifs is 1. The minimum absolute atomic E-state index is 0.276. The highest BCUT2D eigenvalue weighted by atomic mass is 32.2. The molecule has 2 aromatic carbocycles. The molecular weight excluding hydrogens is 366 g/mol. The minimum Gasteiger partial charge on any atom is -0.325 e. The van der Waals surface area contributed by atoms with Crippen LogP contribution in [0.3, 0.4) is 0 Å². The maximum atomic E-state index is 12.7. The van der Waals surface area contributed by atoms with Crippen molar-refractivity contribution in [2.45, 2.75) is 30.4 Å². The van der Waals surface area contributed by atoms with Gasteiger partial charge in [-0.15, -0.1) is 0 Å². The number of anilines is 1. The lowest BCUT2D eigenvalue weighted by Gasteiger charge is -2.10. The Bertz CT molecular complexity index is 1050. The van der Waals surface area contributed by atoms with Crippen molar-refractivity contribution in [3.8, 4) is 11.3 Å². The standard InChI is InChI=1S/C19H19N3O2S2/c1-13-8-14(2)10-17(9-13)26(23,24)21-16-5-3-4-15(11-16)18-12-22-6-7-25-19(22)20-18/h3-5,8-12,21H,6-7H2,1-2H3. The number of aryl methyl sites for hydroxylation is 3. The van der Waals surface area contributed by atoms with Crippen LogP contribution in [-0.2, 0) is 16.6 Å². The zero-order chi connectivity index (χ0) is 18.3. The summed E-state index contributed by atoms with van der Waals surface area (Å²) in [7, 11) is -3.63. The van der Waals surface area contributed by atoms with E-state index < -0.39 is 10.0 Å². The highest BCUT2D eigenvalue weighted by molar-refractivity contribution is 7.99. The first-order chi connectivity index (χ1) is 12.4. The molecule has 0 radical (unpaired) electrons. The molecule has 0 saturated carbocycles. The quantitative estimate of drug-likeness (QED) is 0.735. The molecule has 1 aliphatic heterocycles. The number of thioether (sulfide) groups is 1. The predicted molar refractivity (Wildman–Crippen MR) is 105 cm³/mol. The zero-order valence-electron chi connectivity index (χ0n) is 14.6. The van der Waals surface area contributed by atoms with E-state index in [2.05, 4.69) is 14.3 Å². The Morgan fingerprint density at radius 3 is 2.62 bits per heavy atom. The largest absolute Gasteiger partial charge is 0.325 e. The summed E-state index contributed by atoms with van der Waals surface area (Å²) in [5.74, 6) is 1.05. The Labute approximate surface area is 157 Å². The Morgan fingerprint density at radius 1 is 1.12 bits per heavy atom. The summed E-state index contributed by atoms with van der Waals surface area (Å²) in [6.45, 7) is 4.75. The minimum atomic E-state index is -3.63. The fourth-order valence-corrected chi connectivity index (χ4v) is 5.27. The molecule has 0 unspecified atom stereocenters. The van der Waals surface area contributed by atoms with Crippen LogP contribution in [0.25, 0.3) is 11.3 Å². The van der Waals surface area contributed by atoms with E-state index in [4.69, 9.17) is 0 Å². The van der Waals surface area contributed by atoms with Gasteiger partial charge in [0.25, 0.3) is 10.0 Å². The van der Waals surface area contributed by atoms with Crippen molar-refractivity contribution in [3.63, 3.8) is 0 Å². The summed E-state index contributed by atoms with van der Waals surface area (Å²) in [5.41, 5.74) is 4.13. The maximum absolute atomic E-state index is 12.7. The van der Waals surface area contributed by atoms with E-state index in [1.807, 2.05) is 44.3 Å². The lowest BCUT2D eigenvalue weighted by atomic mass is 10.1. The fourth-order valence-electron chi connectivity index (χ4n) is 3.09. The van der Waals surface area contributed by atoms with Crippen molar-refractivity contribution in [1.29, 1.82) is 0 Å². The number of aromatic nitrogens is 2. The van der Waals surface area contributed by atoms with Gasteiger partial charge in [0.05, 0.1) is 10.6 Å². The van der Waals surface area contributed by atoms with Crippen LogP contribution in [0, 0.1) is 13.8 Å². The first kappa shape index (κ1) is 17.2. The molecule has 2 heterocycles. The highest BCUT2D eigenvalue weighted by Crippen LogP contribution is 2.30.